The molecule has 0 saturated carbocycles. The van der Waals surface area contributed by atoms with E-state index in [-0.39, 0.29) is 11.9 Å². The van der Waals surface area contributed by atoms with E-state index in [4.69, 9.17) is 9.47 Å². The van der Waals surface area contributed by atoms with Crippen LogP contribution in [0.3, 0.4) is 0 Å². The van der Waals surface area contributed by atoms with Crippen LogP contribution < -0.4 is 0 Å². The Morgan fingerprint density at radius 1 is 1.50 bits per heavy atom. The van der Waals surface area contributed by atoms with Crippen molar-refractivity contribution in [1.82, 2.24) is 0 Å². The van der Waals surface area contributed by atoms with Crippen LogP contribution in [-0.4, -0.2) is 26.3 Å². The van der Waals surface area contributed by atoms with Crippen LogP contribution in [0.1, 0.15) is 13.8 Å². The molecular weight excluding hydrogens is 156 g/mol. The summed E-state index contributed by atoms with van der Waals surface area (Å²) < 4.78 is 9.79. The van der Waals surface area contributed by atoms with Crippen LogP contribution in [0.4, 0.5) is 0 Å². The van der Waals surface area contributed by atoms with Gasteiger partial charge in [0.25, 0.3) is 0 Å². The summed E-state index contributed by atoms with van der Waals surface area (Å²) in [7, 11) is 1.44. The van der Waals surface area contributed by atoms with Gasteiger partial charge < -0.3 is 9.47 Å². The topological polar surface area (TPSA) is 35.5 Å². The molecule has 1 aliphatic rings. The molecule has 0 radical (unpaired) electrons. The Morgan fingerprint density at radius 2 is 2.08 bits per heavy atom. The lowest BCUT2D eigenvalue weighted by Gasteiger charge is -2.34. The Balaban J connectivity index is 2.53. The van der Waals surface area contributed by atoms with Gasteiger partial charge in [-0.3, -0.25) is 4.79 Å². The zero-order valence-electron chi connectivity index (χ0n) is 7.87. The summed E-state index contributed by atoms with van der Waals surface area (Å²) in [6.45, 7) is 5.50. The average Bonchev–Trinajstić information content (AvgIpc) is 1.94. The summed E-state index contributed by atoms with van der Waals surface area (Å²) in [5, 5.41) is 0. The van der Waals surface area contributed by atoms with E-state index in [0.29, 0.717) is 25.0 Å². The second kappa shape index (κ2) is 3.90. The predicted octanol–water partition coefficient (Wildman–Crippen LogP) is 1.08. The summed E-state index contributed by atoms with van der Waals surface area (Å²) in [5.74, 6) is 0.630. The Hall–Kier alpha value is -0.570. The van der Waals surface area contributed by atoms with Gasteiger partial charge in [0.2, 0.25) is 0 Å². The van der Waals surface area contributed by atoms with Gasteiger partial charge in [0.05, 0.1) is 26.2 Å². The Labute approximate surface area is 73.0 Å². The fraction of sp³-hybridized carbons (Fsp3) is 0.889. The van der Waals surface area contributed by atoms with E-state index in [2.05, 4.69) is 0 Å². The van der Waals surface area contributed by atoms with Gasteiger partial charge in [-0.1, -0.05) is 13.8 Å². The largest absolute Gasteiger partial charge is 0.469 e. The first kappa shape index (κ1) is 9.52. The van der Waals surface area contributed by atoms with Gasteiger partial charge in [-0.25, -0.2) is 0 Å². The zero-order chi connectivity index (χ0) is 9.14. The molecule has 1 fully saturated rings. The molecule has 1 unspecified atom stereocenters. The van der Waals surface area contributed by atoms with E-state index in [1.807, 2.05) is 13.8 Å². The Kier molecular flexibility index (Phi) is 3.09. The first-order chi connectivity index (χ1) is 5.66. The summed E-state index contributed by atoms with van der Waals surface area (Å²) in [4.78, 5) is 11.3. The second-order valence-corrected chi connectivity index (χ2v) is 3.59. The number of carbonyl (C=O) groups is 1. The maximum atomic E-state index is 11.3. The van der Waals surface area contributed by atoms with E-state index in [1.165, 1.54) is 7.11 Å². The molecule has 3 nitrogen and oxygen atoms in total. The maximum Gasteiger partial charge on any atom is 0.309 e. The van der Waals surface area contributed by atoms with Gasteiger partial charge >= 0.3 is 5.97 Å². The van der Waals surface area contributed by atoms with Crippen molar-refractivity contribution < 1.29 is 14.3 Å². The van der Waals surface area contributed by atoms with Crippen molar-refractivity contribution in [3.8, 4) is 0 Å². The van der Waals surface area contributed by atoms with Crippen LogP contribution in [0.15, 0.2) is 0 Å². The Morgan fingerprint density at radius 3 is 2.33 bits per heavy atom. The minimum Gasteiger partial charge on any atom is -0.469 e. The van der Waals surface area contributed by atoms with Gasteiger partial charge in [-0.15, -0.1) is 0 Å². The van der Waals surface area contributed by atoms with Crippen LogP contribution in [-0.2, 0) is 14.3 Å². The van der Waals surface area contributed by atoms with Crippen molar-refractivity contribution in [2.45, 2.75) is 13.8 Å². The van der Waals surface area contributed by atoms with E-state index in [1.54, 1.807) is 0 Å². The lowest BCUT2D eigenvalue weighted by molar-refractivity contribution is -0.158. The van der Waals surface area contributed by atoms with Gasteiger partial charge in [0.15, 0.2) is 0 Å². The molecule has 70 valence electrons. The van der Waals surface area contributed by atoms with Gasteiger partial charge in [-0.2, -0.15) is 0 Å². The van der Waals surface area contributed by atoms with Crippen molar-refractivity contribution in [2.24, 2.45) is 17.8 Å². The highest BCUT2D eigenvalue weighted by Gasteiger charge is 2.36. The van der Waals surface area contributed by atoms with Crippen LogP contribution in [0.2, 0.25) is 0 Å². The lowest BCUT2D eigenvalue weighted by Crippen LogP contribution is -2.41. The zero-order valence-corrected chi connectivity index (χ0v) is 7.87. The molecule has 0 aromatic carbocycles. The number of rotatable bonds is 3. The van der Waals surface area contributed by atoms with Gasteiger partial charge in [-0.05, 0) is 5.92 Å². The highest BCUT2D eigenvalue weighted by molar-refractivity contribution is 5.73. The average molecular weight is 172 g/mol. The van der Waals surface area contributed by atoms with Crippen LogP contribution in [0.25, 0.3) is 0 Å². The summed E-state index contributed by atoms with van der Waals surface area (Å²) in [6.07, 6.45) is 0. The molecule has 0 bridgehead atoms. The molecule has 1 aliphatic heterocycles. The Bertz CT molecular complexity index is 161. The molecule has 0 aromatic rings. The molecule has 12 heavy (non-hydrogen) atoms. The smallest absolute Gasteiger partial charge is 0.309 e. The third-order valence-electron chi connectivity index (χ3n) is 2.36. The molecule has 1 heterocycles. The molecule has 0 aliphatic carbocycles. The van der Waals surface area contributed by atoms with E-state index < -0.39 is 0 Å². The van der Waals surface area contributed by atoms with Gasteiger partial charge in [0.1, 0.15) is 0 Å². The number of carbonyl (C=O) groups excluding carboxylic acids is 1. The number of methoxy groups -OCH3 is 1. The van der Waals surface area contributed by atoms with E-state index in [9.17, 15) is 4.79 Å². The van der Waals surface area contributed by atoms with E-state index >= 15 is 0 Å². The summed E-state index contributed by atoms with van der Waals surface area (Å²) in [6, 6.07) is 0. The van der Waals surface area contributed by atoms with E-state index in [0.717, 1.165) is 0 Å². The predicted molar refractivity (Wildman–Crippen MR) is 44.7 cm³/mol. The normalized spacial score (nSPS) is 20.3. The number of esters is 1. The molecule has 0 aromatic heterocycles. The monoisotopic (exact) mass is 172 g/mol. The number of hydrogen-bond acceptors (Lipinski definition) is 3. The van der Waals surface area contributed by atoms with Crippen molar-refractivity contribution in [3.63, 3.8) is 0 Å². The highest BCUT2D eigenvalue weighted by atomic mass is 16.5. The molecule has 1 atom stereocenters. The molecular formula is C9H16O3. The van der Waals surface area contributed by atoms with Crippen LogP contribution in [0, 0.1) is 17.8 Å². The molecule has 0 spiro atoms. The fourth-order valence-corrected chi connectivity index (χ4v) is 1.61. The van der Waals surface area contributed by atoms with Crippen molar-refractivity contribution >= 4 is 5.97 Å². The molecule has 1 rings (SSSR count). The minimum absolute atomic E-state index is 0.0174. The van der Waals surface area contributed by atoms with Crippen molar-refractivity contribution in [1.29, 1.82) is 0 Å². The number of hydrogen-bond donors (Lipinski definition) is 0. The molecule has 3 heteroatoms. The SMILES string of the molecule is COC(=O)C(C(C)C)C1COC1. The molecule has 0 amide bonds. The fourth-order valence-electron chi connectivity index (χ4n) is 1.61. The quantitative estimate of drug-likeness (QED) is 0.597. The van der Waals surface area contributed by atoms with Crippen LogP contribution >= 0.6 is 0 Å². The molecule has 0 N–H and O–H groups in total. The lowest BCUT2D eigenvalue weighted by atomic mass is 9.82. The standard InChI is InChI=1S/C9H16O3/c1-6(2)8(9(10)11-3)7-4-12-5-7/h6-8H,4-5H2,1-3H3. The third kappa shape index (κ3) is 1.78. The second-order valence-electron chi connectivity index (χ2n) is 3.59. The third-order valence-corrected chi connectivity index (χ3v) is 2.36. The summed E-state index contributed by atoms with van der Waals surface area (Å²) in [5.41, 5.74) is 0. The first-order valence-corrected chi connectivity index (χ1v) is 4.32. The number of ether oxygens (including phenoxy) is 2. The minimum atomic E-state index is -0.0988. The van der Waals surface area contributed by atoms with Crippen LogP contribution in [0.5, 0.6) is 0 Å². The highest BCUT2D eigenvalue weighted by Crippen LogP contribution is 2.28. The summed E-state index contributed by atoms with van der Waals surface area (Å²) >= 11 is 0. The maximum absolute atomic E-state index is 11.3. The van der Waals surface area contributed by atoms with Crippen molar-refractivity contribution in [2.75, 3.05) is 20.3 Å². The molecule has 1 saturated heterocycles. The van der Waals surface area contributed by atoms with Gasteiger partial charge in [0, 0.05) is 5.92 Å². The van der Waals surface area contributed by atoms with Crippen molar-refractivity contribution in [3.05, 3.63) is 0 Å². The first-order valence-electron chi connectivity index (χ1n) is 4.32.